The molecule has 0 aliphatic heterocycles. The van der Waals surface area contributed by atoms with E-state index in [-0.39, 0.29) is 11.1 Å². The molecule has 1 rings (SSSR count). The third-order valence-corrected chi connectivity index (χ3v) is 1.67. The number of halogens is 1. The molecule has 0 amide bonds. The molecule has 0 radical (unpaired) electrons. The Morgan fingerprint density at radius 3 is 2.79 bits per heavy atom. The van der Waals surface area contributed by atoms with E-state index < -0.39 is 0 Å². The van der Waals surface area contributed by atoms with E-state index in [0.717, 1.165) is 6.54 Å². The van der Waals surface area contributed by atoms with E-state index in [1.807, 2.05) is 19.0 Å². The fraction of sp³-hybridized carbons (Fsp3) is 0.500. The number of ether oxygens (including phenoxy) is 1. The lowest BCUT2D eigenvalue weighted by molar-refractivity contribution is 0.254. The van der Waals surface area contributed by atoms with Gasteiger partial charge in [0.05, 0.1) is 0 Å². The maximum atomic E-state index is 5.67. The van der Waals surface area contributed by atoms with Gasteiger partial charge in [-0.25, -0.2) is 4.98 Å². The molecule has 0 aliphatic rings. The van der Waals surface area contributed by atoms with Gasteiger partial charge in [0, 0.05) is 12.6 Å². The van der Waals surface area contributed by atoms with Gasteiger partial charge in [-0.3, -0.25) is 0 Å². The Balaban J connectivity index is 2.50. The Labute approximate surface area is 87.8 Å². The Morgan fingerprint density at radius 1 is 1.50 bits per heavy atom. The molecule has 1 aromatic rings. The zero-order chi connectivity index (χ0) is 10.6. The van der Waals surface area contributed by atoms with E-state index in [2.05, 4.69) is 9.97 Å². The van der Waals surface area contributed by atoms with Crippen molar-refractivity contribution >= 4 is 17.5 Å². The highest BCUT2D eigenvalue weighted by atomic mass is 35.5. The van der Waals surface area contributed by atoms with Gasteiger partial charge < -0.3 is 15.4 Å². The predicted octanol–water partition coefficient (Wildman–Crippen LogP) is 0.653. The highest BCUT2D eigenvalue weighted by Crippen LogP contribution is 2.14. The van der Waals surface area contributed by atoms with E-state index in [9.17, 15) is 0 Å². The summed E-state index contributed by atoms with van der Waals surface area (Å²) in [5, 5.41) is 0.289. The number of nitrogens with two attached hydrogens (primary N) is 1. The van der Waals surface area contributed by atoms with Gasteiger partial charge in [0.15, 0.2) is 0 Å². The van der Waals surface area contributed by atoms with Crippen molar-refractivity contribution in [3.63, 3.8) is 0 Å². The third-order valence-electron chi connectivity index (χ3n) is 1.48. The largest absolute Gasteiger partial charge is 0.476 e. The fourth-order valence-electron chi connectivity index (χ4n) is 0.820. The smallest absolute Gasteiger partial charge is 0.224 e. The van der Waals surface area contributed by atoms with Crippen molar-refractivity contribution in [1.82, 2.24) is 14.9 Å². The molecule has 6 heteroatoms. The average Bonchev–Trinajstić information content (AvgIpc) is 2.01. The van der Waals surface area contributed by atoms with Crippen LogP contribution in [0.5, 0.6) is 5.88 Å². The minimum absolute atomic E-state index is 0.123. The number of hydrogen-bond donors (Lipinski definition) is 1. The zero-order valence-electron chi connectivity index (χ0n) is 8.20. The second-order valence-electron chi connectivity index (χ2n) is 3.04. The summed E-state index contributed by atoms with van der Waals surface area (Å²) in [4.78, 5) is 9.60. The minimum Gasteiger partial charge on any atom is -0.476 e. The fourth-order valence-corrected chi connectivity index (χ4v) is 1.00. The minimum atomic E-state index is 0.123. The van der Waals surface area contributed by atoms with E-state index in [4.69, 9.17) is 22.1 Å². The van der Waals surface area contributed by atoms with Gasteiger partial charge in [-0.2, -0.15) is 4.98 Å². The number of rotatable bonds is 4. The summed E-state index contributed by atoms with van der Waals surface area (Å²) in [7, 11) is 3.93. The molecule has 0 bridgehead atoms. The van der Waals surface area contributed by atoms with Crippen LogP contribution in [0.2, 0.25) is 5.15 Å². The van der Waals surface area contributed by atoms with Gasteiger partial charge in [-0.15, -0.1) is 0 Å². The first-order chi connectivity index (χ1) is 6.58. The Morgan fingerprint density at radius 2 is 2.21 bits per heavy atom. The van der Waals surface area contributed by atoms with Gasteiger partial charge in [-0.05, 0) is 14.1 Å². The molecule has 0 atom stereocenters. The maximum absolute atomic E-state index is 5.67. The van der Waals surface area contributed by atoms with Crippen molar-refractivity contribution in [2.45, 2.75) is 0 Å². The highest BCUT2D eigenvalue weighted by molar-refractivity contribution is 6.29. The third kappa shape index (κ3) is 3.76. The number of nitrogen functional groups attached to an aromatic ring is 1. The van der Waals surface area contributed by atoms with Crippen molar-refractivity contribution in [3.8, 4) is 5.88 Å². The lowest BCUT2D eigenvalue weighted by Gasteiger charge is -2.10. The van der Waals surface area contributed by atoms with Gasteiger partial charge in [-0.1, -0.05) is 11.6 Å². The lowest BCUT2D eigenvalue weighted by Crippen LogP contribution is -2.19. The molecule has 0 fully saturated rings. The average molecular weight is 217 g/mol. The number of hydrogen-bond acceptors (Lipinski definition) is 5. The van der Waals surface area contributed by atoms with E-state index >= 15 is 0 Å². The normalized spacial score (nSPS) is 10.6. The Bertz CT molecular complexity index is 285. The molecule has 0 spiro atoms. The molecule has 0 aromatic carbocycles. The van der Waals surface area contributed by atoms with Crippen molar-refractivity contribution in [2.24, 2.45) is 0 Å². The van der Waals surface area contributed by atoms with Crippen LogP contribution < -0.4 is 10.5 Å². The van der Waals surface area contributed by atoms with Crippen molar-refractivity contribution in [1.29, 1.82) is 0 Å². The van der Waals surface area contributed by atoms with Crippen molar-refractivity contribution < 1.29 is 4.74 Å². The first-order valence-electron chi connectivity index (χ1n) is 4.15. The summed E-state index contributed by atoms with van der Waals surface area (Å²) in [6.07, 6.45) is 0. The van der Waals surface area contributed by atoms with Gasteiger partial charge in [0.2, 0.25) is 11.8 Å². The predicted molar refractivity (Wildman–Crippen MR) is 55.5 cm³/mol. The SMILES string of the molecule is CN(C)CCOc1cc(Cl)nc(N)n1. The molecule has 0 unspecified atom stereocenters. The summed E-state index contributed by atoms with van der Waals surface area (Å²) in [6, 6.07) is 1.54. The number of anilines is 1. The van der Waals surface area contributed by atoms with Crippen molar-refractivity contribution in [3.05, 3.63) is 11.2 Å². The van der Waals surface area contributed by atoms with Crippen LogP contribution in [0.4, 0.5) is 5.95 Å². The molecule has 14 heavy (non-hydrogen) atoms. The number of nitrogens with zero attached hydrogens (tertiary/aromatic N) is 3. The van der Waals surface area contributed by atoms with Crippen LogP contribution in [0.15, 0.2) is 6.07 Å². The second-order valence-corrected chi connectivity index (χ2v) is 3.43. The van der Waals surface area contributed by atoms with Crippen LogP contribution in [0.1, 0.15) is 0 Å². The van der Waals surface area contributed by atoms with Crippen LogP contribution in [-0.2, 0) is 0 Å². The molecule has 0 aliphatic carbocycles. The molecular weight excluding hydrogens is 204 g/mol. The molecule has 2 N–H and O–H groups in total. The number of aromatic nitrogens is 2. The molecular formula is C8H13ClN4O. The summed E-state index contributed by atoms with van der Waals surface area (Å²) in [6.45, 7) is 1.35. The maximum Gasteiger partial charge on any atom is 0.224 e. The van der Waals surface area contributed by atoms with E-state index in [1.165, 1.54) is 6.07 Å². The summed E-state index contributed by atoms with van der Waals surface area (Å²) in [5.41, 5.74) is 5.39. The lowest BCUT2D eigenvalue weighted by atomic mass is 10.6. The van der Waals surface area contributed by atoms with Crippen LogP contribution in [0.25, 0.3) is 0 Å². The van der Waals surface area contributed by atoms with Crippen LogP contribution >= 0.6 is 11.6 Å². The molecule has 5 nitrogen and oxygen atoms in total. The van der Waals surface area contributed by atoms with E-state index in [1.54, 1.807) is 0 Å². The Kier molecular flexibility index (Phi) is 3.91. The van der Waals surface area contributed by atoms with Gasteiger partial charge in [0.25, 0.3) is 0 Å². The van der Waals surface area contributed by atoms with Gasteiger partial charge >= 0.3 is 0 Å². The number of likely N-dealkylation sites (N-methyl/N-ethyl adjacent to an activating group) is 1. The van der Waals surface area contributed by atoms with Crippen molar-refractivity contribution in [2.75, 3.05) is 33.0 Å². The first-order valence-corrected chi connectivity index (χ1v) is 4.53. The Hall–Kier alpha value is -1.07. The molecule has 1 aromatic heterocycles. The first kappa shape index (κ1) is 11.0. The highest BCUT2D eigenvalue weighted by Gasteiger charge is 2.01. The molecule has 78 valence electrons. The van der Waals surface area contributed by atoms with Crippen LogP contribution in [0.3, 0.4) is 0 Å². The summed E-state index contributed by atoms with van der Waals surface area (Å²) < 4.78 is 5.32. The summed E-state index contributed by atoms with van der Waals surface area (Å²) >= 11 is 5.67. The van der Waals surface area contributed by atoms with E-state index in [0.29, 0.717) is 12.5 Å². The molecule has 1 heterocycles. The molecule has 0 saturated carbocycles. The standard InChI is InChI=1S/C8H13ClN4O/c1-13(2)3-4-14-7-5-6(9)11-8(10)12-7/h5H,3-4H2,1-2H3,(H2,10,11,12). The topological polar surface area (TPSA) is 64.3 Å². The molecule has 0 saturated heterocycles. The van der Waals surface area contributed by atoms with Crippen LogP contribution in [-0.4, -0.2) is 42.1 Å². The van der Waals surface area contributed by atoms with Gasteiger partial charge in [0.1, 0.15) is 11.8 Å². The quantitative estimate of drug-likeness (QED) is 0.749. The zero-order valence-corrected chi connectivity index (χ0v) is 8.95. The summed E-state index contributed by atoms with van der Waals surface area (Å²) in [5.74, 6) is 0.529. The monoisotopic (exact) mass is 216 g/mol. The second kappa shape index (κ2) is 4.97. The van der Waals surface area contributed by atoms with Crippen LogP contribution in [0, 0.1) is 0 Å².